The molecular weight excluding hydrogens is 408 g/mol. The predicted molar refractivity (Wildman–Crippen MR) is 147 cm³/mol. The molecule has 0 spiro atoms. The summed E-state index contributed by atoms with van der Waals surface area (Å²) in [7, 11) is 0. The Morgan fingerprint density at radius 2 is 1.12 bits per heavy atom. The van der Waals surface area contributed by atoms with Crippen molar-refractivity contribution in [2.24, 2.45) is 0 Å². The third-order valence-electron chi connectivity index (χ3n) is 7.30. The quantitative estimate of drug-likeness (QED) is 0.239. The Labute approximate surface area is 199 Å². The average Bonchev–Trinajstić information content (AvgIpc) is 2.91. The minimum absolute atomic E-state index is 1.11. The summed E-state index contributed by atoms with van der Waals surface area (Å²) in [5, 5.41) is 7.83. The molecule has 160 valence electrons. The van der Waals surface area contributed by atoms with Gasteiger partial charge in [0.2, 0.25) is 0 Å². The van der Waals surface area contributed by atoms with E-state index < -0.39 is 0 Å². The molecule has 0 fully saturated rings. The third-order valence-corrected chi connectivity index (χ3v) is 7.30. The van der Waals surface area contributed by atoms with Crippen molar-refractivity contribution in [3.8, 4) is 22.3 Å². The standard InChI is InChI=1S/C34H24/c1-2-12-25-22-26(21-20-23(25)10-1)33-29-15-5-7-17-31(29)34(32-18-8-6-16-30(32)33)28-19-9-13-24-11-3-4-14-27(24)28/h1,3-11,13-22H,2,12H2. The Morgan fingerprint density at radius 3 is 1.85 bits per heavy atom. The van der Waals surface area contributed by atoms with Crippen LogP contribution >= 0.6 is 0 Å². The summed E-state index contributed by atoms with van der Waals surface area (Å²) in [6, 6.07) is 40.3. The fourth-order valence-electron chi connectivity index (χ4n) is 5.76. The Morgan fingerprint density at radius 1 is 0.500 bits per heavy atom. The van der Waals surface area contributed by atoms with Gasteiger partial charge >= 0.3 is 0 Å². The van der Waals surface area contributed by atoms with Gasteiger partial charge in [0.05, 0.1) is 0 Å². The zero-order valence-electron chi connectivity index (χ0n) is 19.0. The summed E-state index contributed by atoms with van der Waals surface area (Å²) < 4.78 is 0. The minimum atomic E-state index is 1.11. The van der Waals surface area contributed by atoms with Crippen molar-refractivity contribution in [1.82, 2.24) is 0 Å². The van der Waals surface area contributed by atoms with E-state index in [0.29, 0.717) is 0 Å². The SMILES string of the molecule is C1=Cc2ccc(-c3c4ccccc4c(-c4cccc5ccccc45)c4ccccc34)cc2CC1. The molecule has 0 aliphatic heterocycles. The van der Waals surface area contributed by atoms with E-state index in [0.717, 1.165) is 12.8 Å². The molecule has 0 heterocycles. The molecule has 0 saturated heterocycles. The van der Waals surface area contributed by atoms with E-state index in [1.165, 1.54) is 65.7 Å². The summed E-state index contributed by atoms with van der Waals surface area (Å²) >= 11 is 0. The van der Waals surface area contributed by atoms with Crippen LogP contribution in [0.4, 0.5) is 0 Å². The molecule has 0 unspecified atom stereocenters. The summed E-state index contributed by atoms with van der Waals surface area (Å²) in [6.07, 6.45) is 6.79. The zero-order chi connectivity index (χ0) is 22.5. The lowest BCUT2D eigenvalue weighted by atomic mass is 9.84. The monoisotopic (exact) mass is 432 g/mol. The maximum absolute atomic E-state index is 2.42. The molecule has 7 rings (SSSR count). The number of allylic oxidation sites excluding steroid dienone is 1. The van der Waals surface area contributed by atoms with Crippen molar-refractivity contribution in [2.75, 3.05) is 0 Å². The molecular formula is C34H24. The normalized spacial score (nSPS) is 12.9. The van der Waals surface area contributed by atoms with Crippen LogP contribution in [-0.4, -0.2) is 0 Å². The van der Waals surface area contributed by atoms with Gasteiger partial charge in [-0.05, 0) is 78.5 Å². The summed E-state index contributed by atoms with van der Waals surface area (Å²) in [5.74, 6) is 0. The molecule has 0 radical (unpaired) electrons. The first-order chi connectivity index (χ1) is 16.9. The smallest absolute Gasteiger partial charge is 0.00201 e. The van der Waals surface area contributed by atoms with Crippen molar-refractivity contribution < 1.29 is 0 Å². The van der Waals surface area contributed by atoms with E-state index in [4.69, 9.17) is 0 Å². The average molecular weight is 433 g/mol. The molecule has 0 bridgehead atoms. The van der Waals surface area contributed by atoms with Crippen molar-refractivity contribution in [3.05, 3.63) is 126 Å². The van der Waals surface area contributed by atoms with E-state index in [1.54, 1.807) is 0 Å². The molecule has 34 heavy (non-hydrogen) atoms. The molecule has 0 heteroatoms. The van der Waals surface area contributed by atoms with Crippen LogP contribution in [0.3, 0.4) is 0 Å². The Kier molecular flexibility index (Phi) is 4.38. The third kappa shape index (κ3) is 2.92. The van der Waals surface area contributed by atoms with Crippen molar-refractivity contribution in [3.63, 3.8) is 0 Å². The van der Waals surface area contributed by atoms with E-state index in [2.05, 4.69) is 121 Å². The number of benzene rings is 6. The van der Waals surface area contributed by atoms with Crippen LogP contribution in [0.2, 0.25) is 0 Å². The first kappa shape index (κ1) is 19.3. The van der Waals surface area contributed by atoms with Gasteiger partial charge in [-0.25, -0.2) is 0 Å². The number of aryl methyl sites for hydroxylation is 1. The molecule has 6 aromatic carbocycles. The molecule has 0 N–H and O–H groups in total. The van der Waals surface area contributed by atoms with Crippen LogP contribution in [0.5, 0.6) is 0 Å². The maximum Gasteiger partial charge on any atom is -0.00201 e. The zero-order valence-corrected chi connectivity index (χ0v) is 19.0. The lowest BCUT2D eigenvalue weighted by Gasteiger charge is -2.20. The lowest BCUT2D eigenvalue weighted by molar-refractivity contribution is 0.986. The molecule has 0 nitrogen and oxygen atoms in total. The van der Waals surface area contributed by atoms with Gasteiger partial charge in [-0.3, -0.25) is 0 Å². The second-order valence-corrected chi connectivity index (χ2v) is 9.22. The van der Waals surface area contributed by atoms with Gasteiger partial charge in [-0.1, -0.05) is 121 Å². The van der Waals surface area contributed by atoms with Gasteiger partial charge in [0.15, 0.2) is 0 Å². The second kappa shape index (κ2) is 7.71. The minimum Gasteiger partial charge on any atom is -0.0836 e. The number of hydrogen-bond donors (Lipinski definition) is 0. The summed E-state index contributed by atoms with van der Waals surface area (Å²) in [6.45, 7) is 0. The van der Waals surface area contributed by atoms with Crippen LogP contribution in [0.15, 0.2) is 115 Å². The topological polar surface area (TPSA) is 0 Å². The van der Waals surface area contributed by atoms with Gasteiger partial charge in [0.25, 0.3) is 0 Å². The largest absolute Gasteiger partial charge is 0.0836 e. The van der Waals surface area contributed by atoms with Crippen molar-refractivity contribution >= 4 is 38.4 Å². The van der Waals surface area contributed by atoms with Crippen LogP contribution in [0, 0.1) is 0 Å². The van der Waals surface area contributed by atoms with Crippen LogP contribution in [0.25, 0.3) is 60.6 Å². The second-order valence-electron chi connectivity index (χ2n) is 9.22. The molecule has 0 aromatic heterocycles. The van der Waals surface area contributed by atoms with Crippen molar-refractivity contribution in [1.29, 1.82) is 0 Å². The van der Waals surface area contributed by atoms with Crippen LogP contribution in [0.1, 0.15) is 17.5 Å². The van der Waals surface area contributed by atoms with Gasteiger partial charge in [0, 0.05) is 0 Å². The molecule has 1 aliphatic carbocycles. The Bertz CT molecular complexity index is 1690. The highest BCUT2D eigenvalue weighted by molar-refractivity contribution is 6.23. The highest BCUT2D eigenvalue weighted by atomic mass is 14.2. The van der Waals surface area contributed by atoms with Crippen LogP contribution in [-0.2, 0) is 6.42 Å². The highest BCUT2D eigenvalue weighted by Gasteiger charge is 2.18. The van der Waals surface area contributed by atoms with Gasteiger partial charge < -0.3 is 0 Å². The van der Waals surface area contributed by atoms with E-state index in [1.807, 2.05) is 0 Å². The number of hydrogen-bond acceptors (Lipinski definition) is 0. The maximum atomic E-state index is 2.42. The van der Waals surface area contributed by atoms with Crippen LogP contribution < -0.4 is 0 Å². The first-order valence-corrected chi connectivity index (χ1v) is 12.1. The fraction of sp³-hybridized carbons (Fsp3) is 0.0588. The highest BCUT2D eigenvalue weighted by Crippen LogP contribution is 2.45. The van der Waals surface area contributed by atoms with E-state index in [-0.39, 0.29) is 0 Å². The van der Waals surface area contributed by atoms with E-state index >= 15 is 0 Å². The van der Waals surface area contributed by atoms with Gasteiger partial charge in [-0.2, -0.15) is 0 Å². The summed E-state index contributed by atoms with van der Waals surface area (Å²) in [4.78, 5) is 0. The summed E-state index contributed by atoms with van der Waals surface area (Å²) in [5.41, 5.74) is 8.08. The van der Waals surface area contributed by atoms with Gasteiger partial charge in [0.1, 0.15) is 0 Å². The Hall–Kier alpha value is -4.16. The Balaban J connectivity index is 1.63. The molecule has 1 aliphatic rings. The first-order valence-electron chi connectivity index (χ1n) is 12.1. The van der Waals surface area contributed by atoms with Crippen molar-refractivity contribution in [2.45, 2.75) is 12.8 Å². The van der Waals surface area contributed by atoms with E-state index in [9.17, 15) is 0 Å². The molecule has 0 atom stereocenters. The lowest BCUT2D eigenvalue weighted by Crippen LogP contribution is -1.96. The number of rotatable bonds is 2. The predicted octanol–water partition coefficient (Wildman–Crippen LogP) is 9.44. The number of fused-ring (bicyclic) bond motifs is 4. The molecule has 0 amide bonds. The molecule has 0 saturated carbocycles. The molecule has 6 aromatic rings. The van der Waals surface area contributed by atoms with Gasteiger partial charge in [-0.15, -0.1) is 0 Å². The fourth-order valence-corrected chi connectivity index (χ4v) is 5.76.